The molecule has 6 rings (SSSR count). The van der Waals surface area contributed by atoms with Crippen LogP contribution in [0.25, 0.3) is 0 Å². The average Bonchev–Trinajstić information content (AvgIpc) is 3.70. The van der Waals surface area contributed by atoms with E-state index >= 15 is 0 Å². The zero-order valence-corrected chi connectivity index (χ0v) is 26.4. The highest BCUT2D eigenvalue weighted by Crippen LogP contribution is 2.44. The van der Waals surface area contributed by atoms with E-state index in [-0.39, 0.29) is 5.92 Å². The highest BCUT2D eigenvalue weighted by atomic mass is 19.4. The summed E-state index contributed by atoms with van der Waals surface area (Å²) in [5.74, 6) is 1.36. The standard InChI is InChI=1S/C37H44F3N5/c1-4-27(2)45-28(3)44(26-41-45)34-19-17-33(18-20-34)43-23-21-42(22-24-43)32-15-12-29(13-16-32)9-10-30-11-14-31(25-30)35-7-5-6-8-36(35)37(38,39)40/h5-8,12-13,15-20,26-27,30-31H,3-4,9-11,14,21-25H2,1-2H3/t27?,30-,31?/m1/s1. The highest BCUT2D eigenvalue weighted by Gasteiger charge is 2.37. The SMILES string of the molecule is C=C1N(c2ccc(N3CCN(c4ccc(CC[C@@H]5CCC(c6ccccc6C(F)(F)F)C5)cc4)CC3)cc2)C=NN1C(C)CC. The van der Waals surface area contributed by atoms with Crippen LogP contribution in [-0.4, -0.2) is 43.6 Å². The van der Waals surface area contributed by atoms with Gasteiger partial charge in [-0.3, -0.25) is 4.90 Å². The number of benzene rings is 3. The summed E-state index contributed by atoms with van der Waals surface area (Å²) in [5.41, 5.74) is 4.86. The van der Waals surface area contributed by atoms with Crippen molar-refractivity contribution in [2.75, 3.05) is 40.9 Å². The minimum atomic E-state index is -4.29. The average molecular weight is 616 g/mol. The van der Waals surface area contributed by atoms with E-state index in [1.165, 1.54) is 29.1 Å². The third-order valence-corrected chi connectivity index (χ3v) is 10.0. The van der Waals surface area contributed by atoms with Gasteiger partial charge in [0.05, 0.1) is 11.6 Å². The molecule has 2 aliphatic heterocycles. The fourth-order valence-electron chi connectivity index (χ4n) is 7.13. The maximum Gasteiger partial charge on any atom is 0.416 e. The van der Waals surface area contributed by atoms with Gasteiger partial charge >= 0.3 is 6.18 Å². The van der Waals surface area contributed by atoms with Gasteiger partial charge in [-0.15, -0.1) is 0 Å². The van der Waals surface area contributed by atoms with Gasteiger partial charge in [-0.1, -0.05) is 43.8 Å². The van der Waals surface area contributed by atoms with Crippen LogP contribution in [0.2, 0.25) is 0 Å². The van der Waals surface area contributed by atoms with E-state index < -0.39 is 11.7 Å². The van der Waals surface area contributed by atoms with Gasteiger partial charge in [-0.2, -0.15) is 18.3 Å². The van der Waals surface area contributed by atoms with Crippen LogP contribution >= 0.6 is 0 Å². The Hall–Kier alpha value is -3.94. The van der Waals surface area contributed by atoms with E-state index in [4.69, 9.17) is 0 Å². The van der Waals surface area contributed by atoms with Crippen molar-refractivity contribution in [3.8, 4) is 0 Å². The largest absolute Gasteiger partial charge is 0.416 e. The van der Waals surface area contributed by atoms with Crippen LogP contribution in [-0.2, 0) is 12.6 Å². The van der Waals surface area contributed by atoms with Gasteiger partial charge in [0.15, 0.2) is 0 Å². The highest BCUT2D eigenvalue weighted by molar-refractivity contribution is 5.85. The zero-order chi connectivity index (χ0) is 31.6. The van der Waals surface area contributed by atoms with E-state index in [0.29, 0.717) is 17.5 Å². The second-order valence-electron chi connectivity index (χ2n) is 12.8. The van der Waals surface area contributed by atoms with Gasteiger partial charge in [-0.05, 0) is 111 Å². The number of hydrogen-bond acceptors (Lipinski definition) is 5. The van der Waals surface area contributed by atoms with Crippen LogP contribution in [0.3, 0.4) is 0 Å². The molecule has 2 unspecified atom stereocenters. The molecular weight excluding hydrogens is 571 g/mol. The van der Waals surface area contributed by atoms with Crippen molar-refractivity contribution in [3.05, 3.63) is 102 Å². The van der Waals surface area contributed by atoms with E-state index in [2.05, 4.69) is 83.9 Å². The summed E-state index contributed by atoms with van der Waals surface area (Å²) >= 11 is 0. The van der Waals surface area contributed by atoms with Crippen LogP contribution in [0.4, 0.5) is 30.2 Å². The first-order chi connectivity index (χ1) is 21.7. The monoisotopic (exact) mass is 615 g/mol. The van der Waals surface area contributed by atoms with Gasteiger partial charge in [0.2, 0.25) is 0 Å². The number of piperazine rings is 1. The van der Waals surface area contributed by atoms with Crippen molar-refractivity contribution in [2.45, 2.75) is 70.5 Å². The molecule has 3 aliphatic rings. The van der Waals surface area contributed by atoms with Gasteiger partial charge in [0, 0.05) is 43.2 Å². The minimum Gasteiger partial charge on any atom is -0.368 e. The molecule has 238 valence electrons. The lowest BCUT2D eigenvalue weighted by Crippen LogP contribution is -2.46. The third-order valence-electron chi connectivity index (χ3n) is 10.0. The molecule has 0 amide bonds. The molecule has 1 saturated carbocycles. The van der Waals surface area contributed by atoms with Crippen LogP contribution in [0.5, 0.6) is 0 Å². The zero-order valence-electron chi connectivity index (χ0n) is 26.4. The molecule has 8 heteroatoms. The Bertz CT molecular complexity index is 1480. The topological polar surface area (TPSA) is 25.3 Å². The number of rotatable bonds is 9. The van der Waals surface area contributed by atoms with Crippen molar-refractivity contribution in [2.24, 2.45) is 11.0 Å². The minimum absolute atomic E-state index is 0.00626. The number of hydrogen-bond donors (Lipinski definition) is 0. The molecule has 2 fully saturated rings. The molecule has 5 nitrogen and oxygen atoms in total. The Morgan fingerprint density at radius 1 is 0.844 bits per heavy atom. The normalized spacial score (nSPS) is 21.2. The Morgan fingerprint density at radius 3 is 2.07 bits per heavy atom. The van der Waals surface area contributed by atoms with E-state index in [1.807, 2.05) is 16.2 Å². The molecule has 3 aromatic rings. The van der Waals surface area contributed by atoms with Crippen molar-refractivity contribution in [1.29, 1.82) is 0 Å². The molecule has 3 atom stereocenters. The first-order valence-electron chi connectivity index (χ1n) is 16.4. The summed E-state index contributed by atoms with van der Waals surface area (Å²) in [6, 6.07) is 24.0. The van der Waals surface area contributed by atoms with E-state index in [0.717, 1.165) is 76.2 Å². The maximum atomic E-state index is 13.5. The Kier molecular flexibility index (Phi) is 9.11. The van der Waals surface area contributed by atoms with E-state index in [9.17, 15) is 13.2 Å². The molecule has 3 aromatic carbocycles. The third kappa shape index (κ3) is 6.85. The number of anilines is 3. The number of aryl methyl sites for hydroxylation is 1. The summed E-state index contributed by atoms with van der Waals surface area (Å²) in [7, 11) is 0. The second kappa shape index (κ2) is 13.2. The molecule has 0 aromatic heterocycles. The van der Waals surface area contributed by atoms with E-state index in [1.54, 1.807) is 12.1 Å². The predicted molar refractivity (Wildman–Crippen MR) is 179 cm³/mol. The number of nitrogens with zero attached hydrogens (tertiary/aromatic N) is 5. The van der Waals surface area contributed by atoms with Gasteiger partial charge in [0.25, 0.3) is 0 Å². The number of alkyl halides is 3. The number of halogens is 3. The van der Waals surface area contributed by atoms with Crippen LogP contribution in [0, 0.1) is 5.92 Å². The Balaban J connectivity index is 0.967. The fraction of sp³-hybridized carbons (Fsp3) is 0.432. The lowest BCUT2D eigenvalue weighted by molar-refractivity contribution is -0.138. The van der Waals surface area contributed by atoms with Crippen molar-refractivity contribution in [3.63, 3.8) is 0 Å². The van der Waals surface area contributed by atoms with Crippen LogP contribution < -0.4 is 14.7 Å². The molecular formula is C37H44F3N5. The molecule has 2 heterocycles. The van der Waals surface area contributed by atoms with Gasteiger partial charge in [-0.25, -0.2) is 5.01 Å². The van der Waals surface area contributed by atoms with Crippen molar-refractivity contribution < 1.29 is 13.2 Å². The van der Waals surface area contributed by atoms with Crippen LogP contribution in [0.15, 0.2) is 90.3 Å². The number of hydrazone groups is 1. The lowest BCUT2D eigenvalue weighted by atomic mass is 9.90. The van der Waals surface area contributed by atoms with Gasteiger partial charge in [0.1, 0.15) is 12.2 Å². The summed E-state index contributed by atoms with van der Waals surface area (Å²) < 4.78 is 40.6. The summed E-state index contributed by atoms with van der Waals surface area (Å²) in [4.78, 5) is 6.93. The lowest BCUT2D eigenvalue weighted by Gasteiger charge is -2.37. The first-order valence-corrected chi connectivity index (χ1v) is 16.4. The molecule has 0 N–H and O–H groups in total. The molecule has 45 heavy (non-hydrogen) atoms. The molecule has 0 bridgehead atoms. The Labute approximate surface area is 265 Å². The summed E-state index contributed by atoms with van der Waals surface area (Å²) in [6.07, 6.45) is 3.24. The van der Waals surface area contributed by atoms with Crippen molar-refractivity contribution >= 4 is 23.4 Å². The fourth-order valence-corrected chi connectivity index (χ4v) is 7.13. The smallest absolute Gasteiger partial charge is 0.368 e. The molecule has 1 saturated heterocycles. The summed E-state index contributed by atoms with van der Waals surface area (Å²) in [5, 5.41) is 6.52. The molecule has 0 spiro atoms. The predicted octanol–water partition coefficient (Wildman–Crippen LogP) is 8.88. The van der Waals surface area contributed by atoms with Crippen molar-refractivity contribution in [1.82, 2.24) is 5.01 Å². The first kappa shape index (κ1) is 31.1. The van der Waals surface area contributed by atoms with Gasteiger partial charge < -0.3 is 9.80 Å². The quantitative estimate of drug-likeness (QED) is 0.240. The molecule has 1 aliphatic carbocycles. The maximum absolute atomic E-state index is 13.5. The second-order valence-corrected chi connectivity index (χ2v) is 12.8. The van der Waals surface area contributed by atoms with Crippen LogP contribution in [0.1, 0.15) is 68.6 Å². The summed E-state index contributed by atoms with van der Waals surface area (Å²) in [6.45, 7) is 12.4. The molecule has 0 radical (unpaired) electrons. The Morgan fingerprint density at radius 2 is 1.44 bits per heavy atom.